The van der Waals surface area contributed by atoms with Crippen LogP contribution in [-0.4, -0.2) is 120 Å². The molecule has 2 aromatic rings. The maximum atomic E-state index is 14.1. The van der Waals surface area contributed by atoms with E-state index in [-0.39, 0.29) is 41.2 Å². The number of rotatable bonds is 7. The molecule has 4 heterocycles. The van der Waals surface area contributed by atoms with E-state index in [1.54, 1.807) is 9.80 Å². The van der Waals surface area contributed by atoms with Crippen LogP contribution in [0.5, 0.6) is 0 Å². The molecule has 0 aromatic heterocycles. The zero-order valence-corrected chi connectivity index (χ0v) is 30.1. The van der Waals surface area contributed by atoms with Crippen LogP contribution in [0.15, 0.2) is 40.9 Å². The Hall–Kier alpha value is -3.36. The van der Waals surface area contributed by atoms with Crippen LogP contribution in [0.1, 0.15) is 48.8 Å². The van der Waals surface area contributed by atoms with Gasteiger partial charge in [0, 0.05) is 74.5 Å². The predicted molar refractivity (Wildman–Crippen MR) is 190 cm³/mol. The van der Waals surface area contributed by atoms with Crippen LogP contribution in [0.3, 0.4) is 0 Å². The minimum Gasteiger partial charge on any atom is -0.397 e. The number of likely N-dealkylation sites (tertiary alicyclic amines) is 2. The van der Waals surface area contributed by atoms with Crippen LogP contribution in [0.4, 0.5) is 29.3 Å². The Morgan fingerprint density at radius 1 is 0.920 bits per heavy atom. The number of anilines is 2. The monoisotopic (exact) mass is 761 g/mol. The molecule has 3 fully saturated rings. The first kappa shape index (κ1) is 36.4. The number of hydrogen-bond donors (Lipinski definition) is 2. The van der Waals surface area contributed by atoms with Crippen molar-refractivity contribution in [3.05, 3.63) is 57.6 Å². The second-order valence-electron chi connectivity index (χ2n) is 14.2. The van der Waals surface area contributed by atoms with E-state index in [0.717, 1.165) is 62.8 Å². The lowest BCUT2D eigenvalue weighted by atomic mass is 9.91. The van der Waals surface area contributed by atoms with Crippen LogP contribution in [0, 0.1) is 5.92 Å². The number of para-hydroxylation sites is 1. The van der Waals surface area contributed by atoms with E-state index in [0.29, 0.717) is 57.2 Å². The molecule has 0 saturated carbocycles. The molecule has 3 saturated heterocycles. The number of carbonyl (C=O) groups is 3. The first-order valence-electron chi connectivity index (χ1n) is 17.7. The van der Waals surface area contributed by atoms with Gasteiger partial charge in [0.1, 0.15) is 0 Å². The predicted octanol–water partition coefficient (Wildman–Crippen LogP) is 4.92. The smallest absolute Gasteiger partial charge is 0.397 e. The number of urea groups is 1. The summed E-state index contributed by atoms with van der Waals surface area (Å²) in [5.41, 5.74) is 6.60. The highest BCUT2D eigenvalue weighted by molar-refractivity contribution is 9.10. The second kappa shape index (κ2) is 15.5. The van der Waals surface area contributed by atoms with Gasteiger partial charge in [-0.3, -0.25) is 14.5 Å². The molecule has 1 unspecified atom stereocenters. The van der Waals surface area contributed by atoms with E-state index >= 15 is 0 Å². The summed E-state index contributed by atoms with van der Waals surface area (Å²) in [5.74, 6) is -1.25. The number of halogens is 4. The maximum absolute atomic E-state index is 14.1. The van der Waals surface area contributed by atoms with E-state index in [1.165, 1.54) is 6.07 Å². The first-order chi connectivity index (χ1) is 23.9. The minimum atomic E-state index is -4.67. The normalized spacial score (nSPS) is 21.1. The highest BCUT2D eigenvalue weighted by Crippen LogP contribution is 2.39. The summed E-state index contributed by atoms with van der Waals surface area (Å²) in [6.07, 6.45) is -0.682. The number of benzene rings is 2. The average molecular weight is 763 g/mol. The van der Waals surface area contributed by atoms with E-state index in [2.05, 4.69) is 38.1 Å². The van der Waals surface area contributed by atoms with Gasteiger partial charge in [0.15, 0.2) is 0 Å². The molecule has 0 aliphatic carbocycles. The Bertz CT molecular complexity index is 1550. The largest absolute Gasteiger partial charge is 0.418 e. The number of piperidine rings is 2. The standard InChI is InChI=1S/C36H47BrF3N7O3/c1-43-11-7-27(8-12-43)44-16-18-46(19-17-44)34(49)26(20-24-21-29(36(38,39)40)33(41)30(37)22-24)23-32(48)45-13-9-28(10-14-45)47-15-6-25-4-2-3-5-31(25)42-35(47)50/h2-5,21-22,26-28H,6-20,23,41H2,1H3,(H,42,50). The van der Waals surface area contributed by atoms with E-state index in [9.17, 15) is 27.6 Å². The number of amides is 4. The lowest BCUT2D eigenvalue weighted by Crippen LogP contribution is -2.55. The molecule has 4 amide bonds. The lowest BCUT2D eigenvalue weighted by molar-refractivity contribution is -0.143. The first-order valence-corrected chi connectivity index (χ1v) is 18.5. The maximum Gasteiger partial charge on any atom is 0.418 e. The van der Waals surface area contributed by atoms with Crippen molar-refractivity contribution in [2.24, 2.45) is 5.92 Å². The summed E-state index contributed by atoms with van der Waals surface area (Å²) >= 11 is 3.17. The summed E-state index contributed by atoms with van der Waals surface area (Å²) in [7, 11) is 2.13. The molecule has 4 aliphatic heterocycles. The van der Waals surface area contributed by atoms with Gasteiger partial charge in [-0.2, -0.15) is 13.2 Å². The molecule has 10 nitrogen and oxygen atoms in total. The van der Waals surface area contributed by atoms with Gasteiger partial charge in [0.25, 0.3) is 0 Å². The zero-order chi connectivity index (χ0) is 35.6. The van der Waals surface area contributed by atoms with Crippen molar-refractivity contribution in [2.45, 2.75) is 63.2 Å². The van der Waals surface area contributed by atoms with Gasteiger partial charge in [0.05, 0.1) is 17.2 Å². The van der Waals surface area contributed by atoms with Gasteiger partial charge in [-0.25, -0.2) is 4.79 Å². The van der Waals surface area contributed by atoms with Crippen molar-refractivity contribution in [1.82, 2.24) is 24.5 Å². The molecule has 6 rings (SSSR count). The summed E-state index contributed by atoms with van der Waals surface area (Å²) in [6, 6.07) is 10.6. The highest BCUT2D eigenvalue weighted by atomic mass is 79.9. The summed E-state index contributed by atoms with van der Waals surface area (Å²) < 4.78 is 41.7. The second-order valence-corrected chi connectivity index (χ2v) is 15.0. The van der Waals surface area contributed by atoms with Crippen LogP contribution in [0.25, 0.3) is 0 Å². The molecule has 0 radical (unpaired) electrons. The number of nitrogens with one attached hydrogen (secondary N) is 1. The summed E-state index contributed by atoms with van der Waals surface area (Å²) in [6.45, 7) is 6.03. The number of fused-ring (bicyclic) bond motifs is 1. The fourth-order valence-corrected chi connectivity index (χ4v) is 8.50. The van der Waals surface area contributed by atoms with Gasteiger partial charge in [-0.05, 0) is 104 Å². The van der Waals surface area contributed by atoms with E-state index in [1.807, 2.05) is 29.2 Å². The number of hydrogen-bond acceptors (Lipinski definition) is 6. The van der Waals surface area contributed by atoms with Crippen LogP contribution in [0.2, 0.25) is 0 Å². The molecule has 4 aliphatic rings. The van der Waals surface area contributed by atoms with Gasteiger partial charge in [0.2, 0.25) is 11.8 Å². The minimum absolute atomic E-state index is 0.0212. The van der Waals surface area contributed by atoms with Gasteiger partial charge >= 0.3 is 12.2 Å². The van der Waals surface area contributed by atoms with Gasteiger partial charge in [-0.15, -0.1) is 0 Å². The molecule has 2 aromatic carbocycles. The molecule has 1 atom stereocenters. The Morgan fingerprint density at radius 3 is 2.26 bits per heavy atom. The number of nitrogens with zero attached hydrogens (tertiary/aromatic N) is 5. The van der Waals surface area contributed by atoms with Gasteiger partial charge < -0.3 is 30.7 Å². The molecular formula is C36H47BrF3N7O3. The molecule has 272 valence electrons. The molecule has 50 heavy (non-hydrogen) atoms. The van der Waals surface area contributed by atoms with Crippen molar-refractivity contribution in [3.8, 4) is 0 Å². The van der Waals surface area contributed by atoms with Crippen LogP contribution < -0.4 is 11.1 Å². The SMILES string of the molecule is CN1CCC(N2CCN(C(=O)C(CC(=O)N3CCC(N4CCc5ccccc5NC4=O)CC3)Cc3cc(Br)c(N)c(C(F)(F)F)c3)CC2)CC1. The molecule has 0 spiro atoms. The van der Waals surface area contributed by atoms with E-state index < -0.39 is 23.3 Å². The quantitative estimate of drug-likeness (QED) is 0.389. The fourth-order valence-electron chi connectivity index (χ4n) is 7.99. The van der Waals surface area contributed by atoms with Crippen molar-refractivity contribution in [1.29, 1.82) is 0 Å². The lowest BCUT2D eigenvalue weighted by Gasteiger charge is -2.43. The van der Waals surface area contributed by atoms with Crippen LogP contribution in [-0.2, 0) is 28.6 Å². The number of nitrogen functional groups attached to an aromatic ring is 1. The van der Waals surface area contributed by atoms with E-state index in [4.69, 9.17) is 5.73 Å². The fraction of sp³-hybridized carbons (Fsp3) is 0.583. The summed E-state index contributed by atoms with van der Waals surface area (Å²) in [4.78, 5) is 51.2. The van der Waals surface area contributed by atoms with Crippen LogP contribution >= 0.6 is 15.9 Å². The Labute approximate surface area is 300 Å². The third-order valence-electron chi connectivity index (χ3n) is 11.0. The Balaban J connectivity index is 1.12. The molecule has 3 N–H and O–H groups in total. The van der Waals surface area contributed by atoms with Crippen molar-refractivity contribution >= 4 is 45.2 Å². The number of alkyl halides is 3. The Kier molecular flexibility index (Phi) is 11.3. The zero-order valence-electron chi connectivity index (χ0n) is 28.6. The topological polar surface area (TPSA) is 105 Å². The average Bonchev–Trinajstić information content (AvgIpc) is 3.27. The van der Waals surface area contributed by atoms with Crippen molar-refractivity contribution in [3.63, 3.8) is 0 Å². The Morgan fingerprint density at radius 2 is 1.58 bits per heavy atom. The summed E-state index contributed by atoms with van der Waals surface area (Å²) in [5, 5.41) is 3.02. The third-order valence-corrected chi connectivity index (χ3v) is 11.6. The van der Waals surface area contributed by atoms with Gasteiger partial charge in [-0.1, -0.05) is 18.2 Å². The molecule has 14 heteroatoms. The number of piperazine rings is 1. The van der Waals surface area contributed by atoms with Crippen molar-refractivity contribution in [2.75, 3.05) is 77.0 Å². The van der Waals surface area contributed by atoms with Crippen molar-refractivity contribution < 1.29 is 27.6 Å². The number of nitrogens with two attached hydrogens (primary N) is 1. The number of carbonyl (C=O) groups excluding carboxylic acids is 3. The highest BCUT2D eigenvalue weighted by Gasteiger charge is 2.37. The molecule has 0 bridgehead atoms. The molecular weight excluding hydrogens is 715 g/mol. The third kappa shape index (κ3) is 8.39.